The van der Waals surface area contributed by atoms with Crippen LogP contribution in [0.3, 0.4) is 0 Å². The summed E-state index contributed by atoms with van der Waals surface area (Å²) in [4.78, 5) is 25.9. The summed E-state index contributed by atoms with van der Waals surface area (Å²) in [7, 11) is -3.86. The van der Waals surface area contributed by atoms with Gasteiger partial charge >= 0.3 is 0 Å². The van der Waals surface area contributed by atoms with Crippen LogP contribution in [0.25, 0.3) is 0 Å². The number of nitrogens with one attached hydrogen (secondary N) is 3. The van der Waals surface area contributed by atoms with E-state index < -0.39 is 15.9 Å². The van der Waals surface area contributed by atoms with Crippen LogP contribution in [0.4, 0.5) is 11.4 Å². The molecule has 1 aliphatic rings. The van der Waals surface area contributed by atoms with Crippen LogP contribution >= 0.6 is 11.6 Å². The maximum Gasteiger partial charge on any atom is 0.261 e. The molecule has 0 radical (unpaired) electrons. The first-order valence-corrected chi connectivity index (χ1v) is 13.3. The second-order valence-electron chi connectivity index (χ2n) is 8.46. The highest BCUT2D eigenvalue weighted by atomic mass is 35.5. The van der Waals surface area contributed by atoms with E-state index in [1.54, 1.807) is 36.4 Å². The number of benzene rings is 3. The van der Waals surface area contributed by atoms with E-state index in [0.717, 1.165) is 18.4 Å². The summed E-state index contributed by atoms with van der Waals surface area (Å²) in [5, 5.41) is 5.68. The van der Waals surface area contributed by atoms with E-state index in [1.165, 1.54) is 30.3 Å². The molecule has 0 aliphatic carbocycles. The maximum atomic E-state index is 13.1. The van der Waals surface area contributed by atoms with Gasteiger partial charge in [-0.1, -0.05) is 41.4 Å². The van der Waals surface area contributed by atoms with Gasteiger partial charge in [0.15, 0.2) is 0 Å². The molecule has 10 heteroatoms. The third-order valence-electron chi connectivity index (χ3n) is 5.73. The van der Waals surface area contributed by atoms with Crippen LogP contribution in [0, 0.1) is 6.92 Å². The highest BCUT2D eigenvalue weighted by Crippen LogP contribution is 2.25. The molecule has 0 bridgehead atoms. The number of anilines is 2. The van der Waals surface area contributed by atoms with E-state index in [9.17, 15) is 18.0 Å². The minimum atomic E-state index is -3.86. The van der Waals surface area contributed by atoms with E-state index in [-0.39, 0.29) is 38.7 Å². The zero-order valence-corrected chi connectivity index (χ0v) is 21.2. The first-order valence-electron chi connectivity index (χ1n) is 11.4. The van der Waals surface area contributed by atoms with Gasteiger partial charge in [0.05, 0.1) is 32.8 Å². The number of hydrogen-bond acceptors (Lipinski definition) is 5. The average molecular weight is 528 g/mol. The minimum Gasteiger partial charge on any atom is -0.376 e. The molecule has 188 valence electrons. The Balaban J connectivity index is 1.50. The van der Waals surface area contributed by atoms with Gasteiger partial charge in [0.2, 0.25) is 0 Å². The number of halogens is 1. The lowest BCUT2D eigenvalue weighted by atomic mass is 10.1. The number of sulfonamides is 1. The molecule has 8 nitrogen and oxygen atoms in total. The van der Waals surface area contributed by atoms with Crippen LogP contribution in [0.15, 0.2) is 71.6 Å². The number of carbonyl (C=O) groups excluding carboxylic acids is 2. The molecule has 1 atom stereocenters. The summed E-state index contributed by atoms with van der Waals surface area (Å²) in [5.41, 5.74) is 1.74. The summed E-state index contributed by atoms with van der Waals surface area (Å²) < 4.78 is 33.5. The van der Waals surface area contributed by atoms with Gasteiger partial charge in [-0.25, -0.2) is 8.42 Å². The number of amides is 2. The van der Waals surface area contributed by atoms with Crippen molar-refractivity contribution in [2.75, 3.05) is 23.2 Å². The van der Waals surface area contributed by atoms with Crippen molar-refractivity contribution in [3.05, 3.63) is 88.4 Å². The maximum absolute atomic E-state index is 13.1. The second kappa shape index (κ2) is 11.1. The Morgan fingerprint density at radius 3 is 2.47 bits per heavy atom. The number of para-hydroxylation sites is 1. The fraction of sp³-hybridized carbons (Fsp3) is 0.231. The lowest BCUT2D eigenvalue weighted by Crippen LogP contribution is -2.32. The lowest BCUT2D eigenvalue weighted by molar-refractivity contribution is 0.0858. The first-order chi connectivity index (χ1) is 17.2. The van der Waals surface area contributed by atoms with Crippen molar-refractivity contribution in [3.8, 4) is 0 Å². The molecule has 1 unspecified atom stereocenters. The van der Waals surface area contributed by atoms with Crippen LogP contribution in [0.5, 0.6) is 0 Å². The van der Waals surface area contributed by atoms with Crippen LogP contribution < -0.4 is 15.4 Å². The summed E-state index contributed by atoms with van der Waals surface area (Å²) in [5.74, 6) is -0.928. The number of hydrogen-bond donors (Lipinski definition) is 3. The average Bonchev–Trinajstić information content (AvgIpc) is 3.38. The Labute approximate surface area is 215 Å². The van der Waals surface area contributed by atoms with Crippen molar-refractivity contribution < 1.29 is 22.7 Å². The topological polar surface area (TPSA) is 114 Å². The van der Waals surface area contributed by atoms with Gasteiger partial charge in [0.1, 0.15) is 0 Å². The van der Waals surface area contributed by atoms with Crippen molar-refractivity contribution in [2.24, 2.45) is 0 Å². The number of carbonyl (C=O) groups is 2. The van der Waals surface area contributed by atoms with Crippen molar-refractivity contribution in [3.63, 3.8) is 0 Å². The van der Waals surface area contributed by atoms with Crippen LogP contribution in [-0.4, -0.2) is 39.5 Å². The van der Waals surface area contributed by atoms with Gasteiger partial charge in [0.25, 0.3) is 21.8 Å². The van der Waals surface area contributed by atoms with E-state index in [1.807, 2.05) is 6.92 Å². The zero-order chi connectivity index (χ0) is 25.7. The smallest absolute Gasteiger partial charge is 0.261 e. The Morgan fingerprint density at radius 2 is 1.75 bits per heavy atom. The molecule has 1 fully saturated rings. The fourth-order valence-electron chi connectivity index (χ4n) is 3.78. The van der Waals surface area contributed by atoms with Crippen molar-refractivity contribution in [2.45, 2.75) is 30.8 Å². The highest BCUT2D eigenvalue weighted by molar-refractivity contribution is 7.92. The van der Waals surface area contributed by atoms with Gasteiger partial charge < -0.3 is 15.4 Å². The van der Waals surface area contributed by atoms with Gasteiger partial charge in [-0.05, 0) is 62.2 Å². The zero-order valence-electron chi connectivity index (χ0n) is 19.6. The Bertz CT molecular complexity index is 1370. The van der Waals surface area contributed by atoms with Crippen molar-refractivity contribution in [1.29, 1.82) is 0 Å². The summed E-state index contributed by atoms with van der Waals surface area (Å²) in [6, 6.07) is 17.3. The molecule has 3 N–H and O–H groups in total. The van der Waals surface area contributed by atoms with E-state index in [2.05, 4.69) is 15.4 Å². The van der Waals surface area contributed by atoms with E-state index >= 15 is 0 Å². The molecule has 4 rings (SSSR count). The number of ether oxygens (including phenoxy) is 1. The van der Waals surface area contributed by atoms with Gasteiger partial charge in [0, 0.05) is 18.8 Å². The molecule has 2 amide bonds. The molecular formula is C26H26ClN3O5S. The standard InChI is InChI=1S/C26H26ClN3O5S/c1-17-8-11-20(12-9-17)36(33,34)30-18-10-13-23(27)22(15-18)26(32)29-24-7-3-2-6-21(24)25(31)28-16-19-5-4-14-35-19/h2-3,6-13,15,19,30H,4-5,14,16H2,1H3,(H,28,31)(H,29,32). The molecule has 0 aromatic heterocycles. The molecule has 3 aromatic rings. The minimum absolute atomic E-state index is 0.0130. The van der Waals surface area contributed by atoms with Gasteiger partial charge in [-0.15, -0.1) is 0 Å². The Hall–Kier alpha value is -3.40. The summed E-state index contributed by atoms with van der Waals surface area (Å²) in [6.45, 7) is 2.93. The van der Waals surface area contributed by atoms with Crippen molar-refractivity contribution >= 4 is 44.8 Å². The third-order valence-corrected chi connectivity index (χ3v) is 7.46. The number of aryl methyl sites for hydroxylation is 1. The molecular weight excluding hydrogens is 502 g/mol. The normalized spacial score (nSPS) is 15.3. The molecule has 1 heterocycles. The molecule has 36 heavy (non-hydrogen) atoms. The molecule has 3 aromatic carbocycles. The summed E-state index contributed by atoms with van der Waals surface area (Å²) >= 11 is 6.26. The molecule has 1 aliphatic heterocycles. The number of rotatable bonds is 8. The van der Waals surface area contributed by atoms with Crippen molar-refractivity contribution in [1.82, 2.24) is 5.32 Å². The molecule has 1 saturated heterocycles. The van der Waals surface area contributed by atoms with Crippen LogP contribution in [0.1, 0.15) is 39.1 Å². The highest BCUT2D eigenvalue weighted by Gasteiger charge is 2.20. The Morgan fingerprint density at radius 1 is 1.00 bits per heavy atom. The van der Waals surface area contributed by atoms with Crippen LogP contribution in [-0.2, 0) is 14.8 Å². The quantitative estimate of drug-likeness (QED) is 0.396. The lowest BCUT2D eigenvalue weighted by Gasteiger charge is -2.15. The van der Waals surface area contributed by atoms with E-state index in [0.29, 0.717) is 18.8 Å². The predicted molar refractivity (Wildman–Crippen MR) is 139 cm³/mol. The first kappa shape index (κ1) is 25.7. The fourth-order valence-corrected chi connectivity index (χ4v) is 5.03. The molecule has 0 spiro atoms. The summed E-state index contributed by atoms with van der Waals surface area (Å²) in [6.07, 6.45) is 1.84. The van der Waals surface area contributed by atoms with Gasteiger partial charge in [-0.2, -0.15) is 0 Å². The largest absolute Gasteiger partial charge is 0.376 e. The second-order valence-corrected chi connectivity index (χ2v) is 10.5. The van der Waals surface area contributed by atoms with Gasteiger partial charge in [-0.3, -0.25) is 14.3 Å². The predicted octanol–water partition coefficient (Wildman–Crippen LogP) is 4.61. The van der Waals surface area contributed by atoms with Crippen LogP contribution in [0.2, 0.25) is 5.02 Å². The monoisotopic (exact) mass is 527 g/mol. The Kier molecular flexibility index (Phi) is 7.93. The third kappa shape index (κ3) is 6.23. The SMILES string of the molecule is Cc1ccc(S(=O)(=O)Nc2ccc(Cl)c(C(=O)Nc3ccccc3C(=O)NCC3CCCO3)c2)cc1. The van der Waals surface area contributed by atoms with E-state index in [4.69, 9.17) is 16.3 Å². The molecule has 0 saturated carbocycles.